The first-order chi connectivity index (χ1) is 17.8. The molecule has 0 spiro atoms. The second-order valence-corrected chi connectivity index (χ2v) is 11.4. The van der Waals surface area contributed by atoms with Gasteiger partial charge in [0.1, 0.15) is 11.8 Å². The van der Waals surface area contributed by atoms with Crippen molar-refractivity contribution in [2.75, 3.05) is 18.1 Å². The van der Waals surface area contributed by atoms with E-state index in [-0.39, 0.29) is 30.5 Å². The molecule has 0 N–H and O–H groups in total. The molecular formula is C25H22N2O7S3. The van der Waals surface area contributed by atoms with Crippen molar-refractivity contribution >= 4 is 63.9 Å². The average Bonchev–Trinajstić information content (AvgIpc) is 3.57. The molecule has 1 fully saturated rings. The summed E-state index contributed by atoms with van der Waals surface area (Å²) in [6.45, 7) is 3.56. The number of amides is 2. The largest absolute Gasteiger partial charge is 0.465 e. The third kappa shape index (κ3) is 4.42. The number of hydrogen-bond donors (Lipinski definition) is 0. The predicted octanol–water partition coefficient (Wildman–Crippen LogP) is 3.51. The van der Waals surface area contributed by atoms with Crippen LogP contribution in [0.15, 0.2) is 51.6 Å². The van der Waals surface area contributed by atoms with Gasteiger partial charge in [0, 0.05) is 15.7 Å². The van der Waals surface area contributed by atoms with E-state index in [1.54, 1.807) is 26.0 Å². The van der Waals surface area contributed by atoms with Gasteiger partial charge in [0.05, 0.1) is 35.4 Å². The van der Waals surface area contributed by atoms with E-state index in [0.717, 1.165) is 32.9 Å². The molecule has 0 bridgehead atoms. The van der Waals surface area contributed by atoms with Crippen molar-refractivity contribution in [1.82, 2.24) is 4.57 Å². The summed E-state index contributed by atoms with van der Waals surface area (Å²) in [5, 5.41) is 1.62. The molecule has 1 saturated heterocycles. The lowest BCUT2D eigenvalue weighted by Crippen LogP contribution is -2.32. The molecule has 3 atom stereocenters. The first-order valence-corrected chi connectivity index (χ1v) is 14.2. The highest BCUT2D eigenvalue weighted by Crippen LogP contribution is 2.54. The van der Waals surface area contributed by atoms with Crippen LogP contribution in [0.4, 0.5) is 5.69 Å². The topological polar surface area (TPSA) is 112 Å². The van der Waals surface area contributed by atoms with Gasteiger partial charge in [-0.3, -0.25) is 23.7 Å². The minimum atomic E-state index is -0.778. The van der Waals surface area contributed by atoms with Gasteiger partial charge in [-0.1, -0.05) is 29.2 Å². The Balaban J connectivity index is 1.54. The maximum atomic E-state index is 13.8. The van der Waals surface area contributed by atoms with Crippen LogP contribution in [-0.4, -0.2) is 46.8 Å². The first-order valence-electron chi connectivity index (χ1n) is 11.6. The summed E-state index contributed by atoms with van der Waals surface area (Å²) in [5.74, 6) is -3.02. The summed E-state index contributed by atoms with van der Waals surface area (Å²) in [5.41, 5.74) is 0.674. The monoisotopic (exact) mass is 558 g/mol. The van der Waals surface area contributed by atoms with Crippen LogP contribution in [0.25, 0.3) is 0 Å². The van der Waals surface area contributed by atoms with Crippen LogP contribution in [0, 0.1) is 5.92 Å². The molecule has 1 aromatic carbocycles. The van der Waals surface area contributed by atoms with Gasteiger partial charge in [-0.2, -0.15) is 0 Å². The summed E-state index contributed by atoms with van der Waals surface area (Å²) < 4.78 is 11.4. The maximum absolute atomic E-state index is 13.8. The van der Waals surface area contributed by atoms with E-state index < -0.39 is 34.9 Å². The van der Waals surface area contributed by atoms with E-state index in [0.29, 0.717) is 21.2 Å². The number of hydrogen-bond acceptors (Lipinski definition) is 10. The molecule has 5 rings (SSSR count). The van der Waals surface area contributed by atoms with Gasteiger partial charge in [-0.15, -0.1) is 11.3 Å². The second-order valence-electron chi connectivity index (χ2n) is 8.27. The number of ether oxygens (including phenoxy) is 2. The maximum Gasteiger partial charge on any atom is 0.338 e. The number of thiazole rings is 1. The SMILES string of the molecule is CCOC(=O)Cn1c2c(sc1=O)C(c1cccs1)C1C(=O)N(c3ccc(C(=O)OCC)cc3)C(=O)C1S2. The zero-order valence-electron chi connectivity index (χ0n) is 19.9. The molecule has 0 saturated carbocycles. The standard InChI is InChI=1S/C25H22N2O7S3/c1-3-33-16(28)12-26-23-20(37-25(26)32)17(15-6-5-11-35-15)18-19(36-23)22(30)27(21(18)29)14-9-7-13(8-10-14)24(31)34-4-2/h5-11,17-19H,3-4,12H2,1-2H3. The molecule has 12 heteroatoms. The number of carbonyl (C=O) groups excluding carboxylic acids is 4. The van der Waals surface area contributed by atoms with Crippen molar-refractivity contribution in [3.8, 4) is 0 Å². The fourth-order valence-electron chi connectivity index (χ4n) is 4.58. The van der Waals surface area contributed by atoms with Gasteiger partial charge in [-0.05, 0) is 49.6 Å². The van der Waals surface area contributed by atoms with Crippen molar-refractivity contribution in [3.05, 3.63) is 66.8 Å². The number of carbonyl (C=O) groups is 4. The molecule has 192 valence electrons. The average molecular weight is 559 g/mol. The van der Waals surface area contributed by atoms with E-state index in [1.165, 1.54) is 28.0 Å². The van der Waals surface area contributed by atoms with Gasteiger partial charge in [0.15, 0.2) is 0 Å². The van der Waals surface area contributed by atoms with Crippen molar-refractivity contribution in [3.63, 3.8) is 0 Å². The number of thiophene rings is 1. The third-order valence-electron chi connectivity index (χ3n) is 6.13. The third-order valence-corrected chi connectivity index (χ3v) is 9.69. The summed E-state index contributed by atoms with van der Waals surface area (Å²) in [4.78, 5) is 67.0. The number of aromatic nitrogens is 1. The number of thioether (sulfide) groups is 1. The molecule has 2 aliphatic rings. The Bertz CT molecular complexity index is 1430. The normalized spacial score (nSPS) is 20.5. The minimum absolute atomic E-state index is 0.187. The molecule has 3 unspecified atom stereocenters. The minimum Gasteiger partial charge on any atom is -0.465 e. The predicted molar refractivity (Wildman–Crippen MR) is 139 cm³/mol. The quantitative estimate of drug-likeness (QED) is 0.320. The van der Waals surface area contributed by atoms with Gasteiger partial charge < -0.3 is 9.47 Å². The van der Waals surface area contributed by atoms with Gasteiger partial charge >= 0.3 is 16.8 Å². The molecule has 2 aliphatic heterocycles. The molecule has 9 nitrogen and oxygen atoms in total. The Labute approximate surface area is 224 Å². The van der Waals surface area contributed by atoms with Crippen LogP contribution in [0.3, 0.4) is 0 Å². The van der Waals surface area contributed by atoms with Gasteiger partial charge in [-0.25, -0.2) is 9.69 Å². The summed E-state index contributed by atoms with van der Waals surface area (Å²) in [7, 11) is 0. The molecule has 3 aromatic rings. The lowest BCUT2D eigenvalue weighted by Gasteiger charge is -2.29. The number of benzene rings is 1. The zero-order chi connectivity index (χ0) is 26.3. The number of rotatable bonds is 7. The number of anilines is 1. The Hall–Kier alpha value is -3.22. The molecule has 0 radical (unpaired) electrons. The molecule has 2 aromatic heterocycles. The Morgan fingerprint density at radius 2 is 1.70 bits per heavy atom. The van der Waals surface area contributed by atoms with Crippen molar-refractivity contribution < 1.29 is 28.7 Å². The Morgan fingerprint density at radius 3 is 2.35 bits per heavy atom. The van der Waals surface area contributed by atoms with Crippen LogP contribution in [0.5, 0.6) is 0 Å². The highest BCUT2D eigenvalue weighted by atomic mass is 32.2. The number of esters is 2. The van der Waals surface area contributed by atoms with Crippen LogP contribution < -0.4 is 9.77 Å². The summed E-state index contributed by atoms with van der Waals surface area (Å²) in [6, 6.07) is 9.90. The lowest BCUT2D eigenvalue weighted by molar-refractivity contribution is -0.144. The highest BCUT2D eigenvalue weighted by Gasteiger charge is 2.57. The second kappa shape index (κ2) is 10.3. The van der Waals surface area contributed by atoms with Crippen molar-refractivity contribution in [2.24, 2.45) is 5.92 Å². The Kier molecular flexibility index (Phi) is 7.06. The summed E-state index contributed by atoms with van der Waals surface area (Å²) in [6.07, 6.45) is 0. The number of nitrogens with zero attached hydrogens (tertiary/aromatic N) is 2. The Morgan fingerprint density at radius 1 is 0.973 bits per heavy atom. The molecule has 37 heavy (non-hydrogen) atoms. The summed E-state index contributed by atoms with van der Waals surface area (Å²) >= 11 is 3.59. The van der Waals surface area contributed by atoms with Crippen LogP contribution in [-0.2, 0) is 30.4 Å². The van der Waals surface area contributed by atoms with Crippen molar-refractivity contribution in [1.29, 1.82) is 0 Å². The zero-order valence-corrected chi connectivity index (χ0v) is 22.3. The van der Waals surface area contributed by atoms with Crippen LogP contribution in [0.1, 0.15) is 39.9 Å². The molecule has 0 aliphatic carbocycles. The molecular weight excluding hydrogens is 536 g/mol. The van der Waals surface area contributed by atoms with Crippen LogP contribution in [0.2, 0.25) is 0 Å². The first kappa shape index (κ1) is 25.4. The fraction of sp³-hybridized carbons (Fsp3) is 0.320. The van der Waals surface area contributed by atoms with Crippen molar-refractivity contribution in [2.45, 2.75) is 36.6 Å². The number of fused-ring (bicyclic) bond motifs is 2. The van der Waals surface area contributed by atoms with E-state index in [4.69, 9.17) is 9.47 Å². The molecule has 2 amide bonds. The highest BCUT2D eigenvalue weighted by molar-refractivity contribution is 8.00. The molecule has 4 heterocycles. The van der Waals surface area contributed by atoms with Gasteiger partial charge in [0.25, 0.3) is 0 Å². The van der Waals surface area contributed by atoms with E-state index in [1.807, 2.05) is 17.5 Å². The van der Waals surface area contributed by atoms with E-state index >= 15 is 0 Å². The van der Waals surface area contributed by atoms with Crippen LogP contribution >= 0.6 is 34.4 Å². The lowest BCUT2D eigenvalue weighted by atomic mass is 9.87. The fourth-order valence-corrected chi connectivity index (χ4v) is 8.30. The van der Waals surface area contributed by atoms with Gasteiger partial charge in [0.2, 0.25) is 11.8 Å². The smallest absolute Gasteiger partial charge is 0.338 e. The van der Waals surface area contributed by atoms with E-state index in [9.17, 15) is 24.0 Å². The number of imide groups is 1. The van der Waals surface area contributed by atoms with E-state index in [2.05, 4.69) is 0 Å².